The van der Waals surface area contributed by atoms with E-state index in [9.17, 15) is 14.4 Å². The van der Waals surface area contributed by atoms with E-state index in [2.05, 4.69) is 15.5 Å². The minimum absolute atomic E-state index is 0.0587. The molecule has 2 amide bonds. The van der Waals surface area contributed by atoms with Gasteiger partial charge in [-0.3, -0.25) is 14.4 Å². The summed E-state index contributed by atoms with van der Waals surface area (Å²) >= 11 is 0. The second-order valence-electron chi connectivity index (χ2n) is 7.00. The molecule has 0 spiro atoms. The molecule has 1 aromatic heterocycles. The quantitative estimate of drug-likeness (QED) is 0.727. The fourth-order valence-electron chi connectivity index (χ4n) is 3.48. The van der Waals surface area contributed by atoms with Crippen LogP contribution in [0, 0.1) is 12.8 Å². The van der Waals surface area contributed by atoms with Crippen LogP contribution in [0.5, 0.6) is 0 Å². The van der Waals surface area contributed by atoms with Gasteiger partial charge in [-0.2, -0.15) is 5.10 Å². The maximum atomic E-state index is 12.6. The number of benzene rings is 2. The van der Waals surface area contributed by atoms with Crippen molar-refractivity contribution in [3.8, 4) is 0 Å². The zero-order chi connectivity index (χ0) is 19.7. The Kier molecular flexibility index (Phi) is 4.65. The van der Waals surface area contributed by atoms with Crippen molar-refractivity contribution >= 4 is 28.3 Å². The Morgan fingerprint density at radius 2 is 1.86 bits per heavy atom. The molecule has 0 bridgehead atoms. The smallest absolute Gasteiger partial charge is 0.272 e. The SMILES string of the molecule is Cc1ccc(N2CC(C(=O)NCc3n[nH]c(=O)c4ccccc34)CC2=O)cc1. The Morgan fingerprint density at radius 3 is 2.61 bits per heavy atom. The van der Waals surface area contributed by atoms with Crippen LogP contribution in [-0.4, -0.2) is 28.6 Å². The van der Waals surface area contributed by atoms with Crippen molar-refractivity contribution in [2.75, 3.05) is 11.4 Å². The molecule has 0 saturated carbocycles. The van der Waals surface area contributed by atoms with Gasteiger partial charge in [0.25, 0.3) is 5.56 Å². The van der Waals surface area contributed by atoms with Crippen molar-refractivity contribution in [2.24, 2.45) is 5.92 Å². The molecular weight excluding hydrogens is 356 g/mol. The van der Waals surface area contributed by atoms with Crippen LogP contribution in [-0.2, 0) is 16.1 Å². The van der Waals surface area contributed by atoms with Gasteiger partial charge in [0, 0.05) is 24.0 Å². The monoisotopic (exact) mass is 376 g/mol. The highest BCUT2D eigenvalue weighted by molar-refractivity contribution is 6.00. The van der Waals surface area contributed by atoms with E-state index in [4.69, 9.17) is 0 Å². The van der Waals surface area contributed by atoms with Gasteiger partial charge < -0.3 is 10.2 Å². The number of fused-ring (bicyclic) bond motifs is 1. The van der Waals surface area contributed by atoms with Crippen molar-refractivity contribution < 1.29 is 9.59 Å². The van der Waals surface area contributed by atoms with Crippen molar-refractivity contribution in [2.45, 2.75) is 19.9 Å². The first-order valence-corrected chi connectivity index (χ1v) is 9.14. The Bertz CT molecular complexity index is 1100. The molecule has 1 saturated heterocycles. The maximum absolute atomic E-state index is 12.6. The molecule has 1 atom stereocenters. The fourth-order valence-corrected chi connectivity index (χ4v) is 3.48. The Labute approximate surface area is 161 Å². The van der Waals surface area contributed by atoms with E-state index in [1.165, 1.54) is 0 Å². The van der Waals surface area contributed by atoms with Crippen molar-refractivity contribution in [3.63, 3.8) is 0 Å². The zero-order valence-corrected chi connectivity index (χ0v) is 15.4. The topological polar surface area (TPSA) is 95.2 Å². The summed E-state index contributed by atoms with van der Waals surface area (Å²) in [5.41, 5.74) is 2.24. The van der Waals surface area contributed by atoms with E-state index >= 15 is 0 Å². The molecule has 4 rings (SSSR count). The molecule has 2 heterocycles. The number of aryl methyl sites for hydroxylation is 1. The number of H-pyrrole nitrogens is 1. The molecule has 1 fully saturated rings. The van der Waals surface area contributed by atoms with Crippen LogP contribution in [0.2, 0.25) is 0 Å². The molecule has 1 aliphatic heterocycles. The summed E-state index contributed by atoms with van der Waals surface area (Å²) < 4.78 is 0. The van der Waals surface area contributed by atoms with Crippen molar-refractivity contribution in [1.82, 2.24) is 15.5 Å². The third-order valence-corrected chi connectivity index (χ3v) is 5.05. The minimum Gasteiger partial charge on any atom is -0.350 e. The van der Waals surface area contributed by atoms with Crippen LogP contribution < -0.4 is 15.8 Å². The normalized spacial score (nSPS) is 16.5. The summed E-state index contributed by atoms with van der Waals surface area (Å²) in [6.45, 7) is 2.53. The van der Waals surface area contributed by atoms with E-state index in [0.717, 1.165) is 11.3 Å². The number of aromatic amines is 1. The second kappa shape index (κ2) is 7.26. The number of amides is 2. The average molecular weight is 376 g/mol. The van der Waals surface area contributed by atoms with E-state index in [-0.39, 0.29) is 30.3 Å². The molecular formula is C21H20N4O3. The number of nitrogens with zero attached hydrogens (tertiary/aromatic N) is 2. The number of carbonyl (C=O) groups excluding carboxylic acids is 2. The second-order valence-corrected chi connectivity index (χ2v) is 7.00. The lowest BCUT2D eigenvalue weighted by atomic mass is 10.1. The van der Waals surface area contributed by atoms with Crippen LogP contribution in [0.3, 0.4) is 0 Å². The van der Waals surface area contributed by atoms with Crippen LogP contribution in [0.25, 0.3) is 10.8 Å². The highest BCUT2D eigenvalue weighted by Crippen LogP contribution is 2.25. The number of anilines is 1. The Hall–Kier alpha value is -3.48. The maximum Gasteiger partial charge on any atom is 0.272 e. The predicted molar refractivity (Wildman–Crippen MR) is 106 cm³/mol. The Balaban J connectivity index is 1.45. The van der Waals surface area contributed by atoms with Gasteiger partial charge in [-0.25, -0.2) is 5.10 Å². The lowest BCUT2D eigenvalue weighted by Gasteiger charge is -2.17. The van der Waals surface area contributed by atoms with Gasteiger partial charge >= 0.3 is 0 Å². The van der Waals surface area contributed by atoms with Gasteiger partial charge in [0.15, 0.2) is 0 Å². The largest absolute Gasteiger partial charge is 0.350 e. The molecule has 2 N–H and O–H groups in total. The van der Waals surface area contributed by atoms with E-state index in [1.807, 2.05) is 37.3 Å². The molecule has 28 heavy (non-hydrogen) atoms. The predicted octanol–water partition coefficient (Wildman–Crippen LogP) is 1.90. The summed E-state index contributed by atoms with van der Waals surface area (Å²) in [5, 5.41) is 10.6. The van der Waals surface area contributed by atoms with E-state index in [0.29, 0.717) is 23.0 Å². The van der Waals surface area contributed by atoms with E-state index in [1.54, 1.807) is 23.1 Å². The minimum atomic E-state index is -0.414. The van der Waals surface area contributed by atoms with E-state index < -0.39 is 5.92 Å². The molecule has 3 aromatic rings. The van der Waals surface area contributed by atoms with Crippen molar-refractivity contribution in [3.05, 3.63) is 70.1 Å². The molecule has 2 aromatic carbocycles. The number of aromatic nitrogens is 2. The number of rotatable bonds is 4. The molecule has 0 radical (unpaired) electrons. The number of carbonyl (C=O) groups is 2. The summed E-state index contributed by atoms with van der Waals surface area (Å²) in [6, 6.07) is 14.8. The Morgan fingerprint density at radius 1 is 1.14 bits per heavy atom. The number of nitrogens with one attached hydrogen (secondary N) is 2. The molecule has 1 unspecified atom stereocenters. The molecule has 0 aliphatic carbocycles. The van der Waals surface area contributed by atoms with Crippen LogP contribution in [0.15, 0.2) is 53.3 Å². The first kappa shape index (κ1) is 17.9. The van der Waals surface area contributed by atoms with Gasteiger partial charge in [0.2, 0.25) is 11.8 Å². The van der Waals surface area contributed by atoms with Crippen LogP contribution in [0.4, 0.5) is 5.69 Å². The highest BCUT2D eigenvalue weighted by atomic mass is 16.2. The molecule has 1 aliphatic rings. The summed E-state index contributed by atoms with van der Waals surface area (Å²) in [6.07, 6.45) is 0.180. The third-order valence-electron chi connectivity index (χ3n) is 5.05. The molecule has 7 nitrogen and oxygen atoms in total. The molecule has 142 valence electrons. The summed E-state index contributed by atoms with van der Waals surface area (Å²) in [7, 11) is 0. The summed E-state index contributed by atoms with van der Waals surface area (Å²) in [4.78, 5) is 38.5. The lowest BCUT2D eigenvalue weighted by Crippen LogP contribution is -2.33. The summed E-state index contributed by atoms with van der Waals surface area (Å²) in [5.74, 6) is -0.667. The standard InChI is InChI=1S/C21H20N4O3/c1-13-6-8-15(9-7-13)25-12-14(10-19(25)26)20(27)22-11-18-16-4-2-3-5-17(16)21(28)24-23-18/h2-9,14H,10-12H2,1H3,(H,22,27)(H,24,28). The third kappa shape index (κ3) is 3.38. The van der Waals surface area contributed by atoms with Gasteiger partial charge in [-0.15, -0.1) is 0 Å². The first-order chi connectivity index (χ1) is 13.5. The van der Waals surface area contributed by atoms with Gasteiger partial charge in [0.05, 0.1) is 23.5 Å². The average Bonchev–Trinajstić information content (AvgIpc) is 3.10. The fraction of sp³-hybridized carbons (Fsp3) is 0.238. The molecule has 7 heteroatoms. The highest BCUT2D eigenvalue weighted by Gasteiger charge is 2.35. The lowest BCUT2D eigenvalue weighted by molar-refractivity contribution is -0.126. The number of hydrogen-bond donors (Lipinski definition) is 2. The van der Waals surface area contributed by atoms with Crippen molar-refractivity contribution in [1.29, 1.82) is 0 Å². The van der Waals surface area contributed by atoms with Gasteiger partial charge in [-0.05, 0) is 25.1 Å². The zero-order valence-electron chi connectivity index (χ0n) is 15.4. The van der Waals surface area contributed by atoms with Crippen LogP contribution >= 0.6 is 0 Å². The van der Waals surface area contributed by atoms with Gasteiger partial charge in [-0.1, -0.05) is 35.9 Å². The van der Waals surface area contributed by atoms with Gasteiger partial charge in [0.1, 0.15) is 0 Å². The van der Waals surface area contributed by atoms with Crippen LogP contribution in [0.1, 0.15) is 17.7 Å². The number of hydrogen-bond acceptors (Lipinski definition) is 4. The first-order valence-electron chi connectivity index (χ1n) is 9.14.